The van der Waals surface area contributed by atoms with Gasteiger partial charge < -0.3 is 5.21 Å². The fourth-order valence-corrected chi connectivity index (χ4v) is 2.83. The van der Waals surface area contributed by atoms with Crippen molar-refractivity contribution in [3.05, 3.63) is 47.2 Å². The molecule has 1 N–H and O–H groups in total. The van der Waals surface area contributed by atoms with Gasteiger partial charge in [0.15, 0.2) is 5.69 Å². The van der Waals surface area contributed by atoms with E-state index in [0.717, 1.165) is 16.5 Å². The minimum Gasteiger partial charge on any atom is -0.411 e. The molecule has 0 atom stereocenters. The number of halogens is 3. The second-order valence-corrected chi connectivity index (χ2v) is 5.17. The van der Waals surface area contributed by atoms with Gasteiger partial charge in [-0.1, -0.05) is 35.5 Å². The van der Waals surface area contributed by atoms with E-state index in [0.29, 0.717) is 10.8 Å². The van der Waals surface area contributed by atoms with Crippen LogP contribution >= 0.6 is 11.8 Å². The first-order valence-electron chi connectivity index (χ1n) is 5.92. The van der Waals surface area contributed by atoms with Crippen LogP contribution in [0.15, 0.2) is 40.5 Å². The summed E-state index contributed by atoms with van der Waals surface area (Å²) < 4.78 is 39.8. The van der Waals surface area contributed by atoms with Crippen LogP contribution in [0.3, 0.4) is 0 Å². The maximum atomic E-state index is 12.9. The van der Waals surface area contributed by atoms with Crippen molar-refractivity contribution < 1.29 is 18.4 Å². The molecular weight excluding hydrogens is 303 g/mol. The van der Waals surface area contributed by atoms with Crippen molar-refractivity contribution in [3.63, 3.8) is 0 Å². The van der Waals surface area contributed by atoms with Gasteiger partial charge in [0, 0.05) is 12.8 Å². The number of nitrogens with zero attached hydrogens (tertiary/aromatic N) is 3. The zero-order chi connectivity index (χ0) is 15.5. The topological polar surface area (TPSA) is 50.4 Å². The van der Waals surface area contributed by atoms with Gasteiger partial charge in [-0.05, 0) is 5.56 Å². The van der Waals surface area contributed by atoms with Gasteiger partial charge in [0.1, 0.15) is 5.03 Å². The Bertz CT molecular complexity index is 638. The Morgan fingerprint density at radius 1 is 1.33 bits per heavy atom. The molecule has 0 aliphatic carbocycles. The highest BCUT2D eigenvalue weighted by Gasteiger charge is 2.38. The van der Waals surface area contributed by atoms with Crippen molar-refractivity contribution in [2.45, 2.75) is 17.0 Å². The van der Waals surface area contributed by atoms with Gasteiger partial charge >= 0.3 is 6.18 Å². The third-order valence-electron chi connectivity index (χ3n) is 2.70. The normalized spacial score (nSPS) is 12.2. The Hall–Kier alpha value is -1.96. The molecule has 0 saturated carbocycles. The predicted molar refractivity (Wildman–Crippen MR) is 73.6 cm³/mol. The van der Waals surface area contributed by atoms with Crippen LogP contribution < -0.4 is 0 Å². The van der Waals surface area contributed by atoms with E-state index >= 15 is 0 Å². The fraction of sp³-hybridized carbons (Fsp3) is 0.231. The number of aryl methyl sites for hydroxylation is 1. The Balaban J connectivity index is 2.32. The van der Waals surface area contributed by atoms with Crippen LogP contribution in [0.4, 0.5) is 13.2 Å². The molecule has 4 nitrogen and oxygen atoms in total. The third kappa shape index (κ3) is 3.57. The third-order valence-corrected chi connectivity index (χ3v) is 3.94. The largest absolute Gasteiger partial charge is 0.435 e. The molecule has 0 bridgehead atoms. The van der Waals surface area contributed by atoms with Crippen molar-refractivity contribution in [2.24, 2.45) is 12.2 Å². The van der Waals surface area contributed by atoms with Crippen molar-refractivity contribution >= 4 is 18.0 Å². The maximum Gasteiger partial charge on any atom is 0.435 e. The van der Waals surface area contributed by atoms with Crippen molar-refractivity contribution in [2.75, 3.05) is 0 Å². The summed E-state index contributed by atoms with van der Waals surface area (Å²) in [6, 6.07) is 9.35. The fourth-order valence-electron chi connectivity index (χ4n) is 1.81. The molecule has 2 rings (SSSR count). The zero-order valence-electron chi connectivity index (χ0n) is 11.0. The standard InChI is InChI=1S/C13H12F3N3OS/c1-19-12(21-8-9-5-3-2-4-6-9)10(7-17-20)11(18-19)13(14,15)16/h2-7,20H,8H2,1H3. The van der Waals surface area contributed by atoms with Crippen molar-refractivity contribution in [1.82, 2.24) is 9.78 Å². The lowest BCUT2D eigenvalue weighted by atomic mass is 10.2. The van der Waals surface area contributed by atoms with Crippen LogP contribution in [0.1, 0.15) is 16.8 Å². The minimum atomic E-state index is -4.60. The predicted octanol–water partition coefficient (Wildman–Crippen LogP) is 3.54. The molecule has 0 radical (unpaired) electrons. The first-order valence-corrected chi connectivity index (χ1v) is 6.90. The molecule has 0 spiro atoms. The highest BCUT2D eigenvalue weighted by Crippen LogP contribution is 2.35. The summed E-state index contributed by atoms with van der Waals surface area (Å²) in [4.78, 5) is 0. The summed E-state index contributed by atoms with van der Waals surface area (Å²) in [7, 11) is 1.43. The lowest BCUT2D eigenvalue weighted by Crippen LogP contribution is -2.09. The molecule has 1 aromatic carbocycles. The van der Waals surface area contributed by atoms with Gasteiger partial charge in [-0.2, -0.15) is 18.3 Å². The Labute approximate surface area is 123 Å². The van der Waals surface area contributed by atoms with Crippen molar-refractivity contribution in [3.8, 4) is 0 Å². The Morgan fingerprint density at radius 2 is 2.00 bits per heavy atom. The van der Waals surface area contributed by atoms with E-state index in [9.17, 15) is 13.2 Å². The number of hydrogen-bond donors (Lipinski definition) is 1. The van der Waals surface area contributed by atoms with Crippen LogP contribution in [0, 0.1) is 0 Å². The van der Waals surface area contributed by atoms with E-state index in [1.165, 1.54) is 18.8 Å². The van der Waals surface area contributed by atoms with E-state index in [1.807, 2.05) is 30.3 Å². The lowest BCUT2D eigenvalue weighted by Gasteiger charge is -2.04. The second-order valence-electron chi connectivity index (χ2n) is 4.21. The summed E-state index contributed by atoms with van der Waals surface area (Å²) in [6.45, 7) is 0. The SMILES string of the molecule is Cn1nc(C(F)(F)F)c(C=NO)c1SCc1ccccc1. The molecule has 2 aromatic rings. The van der Waals surface area contributed by atoms with E-state index in [2.05, 4.69) is 10.3 Å². The summed E-state index contributed by atoms with van der Waals surface area (Å²) in [6.07, 6.45) is -3.83. The molecule has 1 aromatic heterocycles. The average molecular weight is 315 g/mol. The molecule has 1 heterocycles. The van der Waals surface area contributed by atoms with E-state index in [-0.39, 0.29) is 5.56 Å². The van der Waals surface area contributed by atoms with Crippen LogP contribution in [-0.2, 0) is 19.0 Å². The molecule has 0 aliphatic heterocycles. The van der Waals surface area contributed by atoms with Gasteiger partial charge in [0.25, 0.3) is 0 Å². The molecular formula is C13H12F3N3OS. The average Bonchev–Trinajstić information content (AvgIpc) is 2.75. The zero-order valence-corrected chi connectivity index (χ0v) is 11.8. The van der Waals surface area contributed by atoms with Crippen molar-refractivity contribution in [1.29, 1.82) is 0 Å². The summed E-state index contributed by atoms with van der Waals surface area (Å²) >= 11 is 1.20. The number of aromatic nitrogens is 2. The molecule has 21 heavy (non-hydrogen) atoms. The van der Waals surface area contributed by atoms with Crippen LogP contribution in [0.2, 0.25) is 0 Å². The summed E-state index contributed by atoms with van der Waals surface area (Å²) in [5.41, 5.74) is -0.309. The highest BCUT2D eigenvalue weighted by molar-refractivity contribution is 7.98. The monoisotopic (exact) mass is 315 g/mol. The van der Waals surface area contributed by atoms with Gasteiger partial charge in [0.05, 0.1) is 11.8 Å². The van der Waals surface area contributed by atoms with Gasteiger partial charge in [-0.15, -0.1) is 11.8 Å². The molecule has 0 saturated heterocycles. The molecule has 0 fully saturated rings. The van der Waals surface area contributed by atoms with Gasteiger partial charge in [-0.25, -0.2) is 0 Å². The Morgan fingerprint density at radius 3 is 2.57 bits per heavy atom. The van der Waals surface area contributed by atoms with E-state index in [4.69, 9.17) is 5.21 Å². The first-order chi connectivity index (χ1) is 9.93. The van der Waals surface area contributed by atoms with E-state index in [1.54, 1.807) is 0 Å². The summed E-state index contributed by atoms with van der Waals surface area (Å²) in [5, 5.41) is 15.1. The lowest BCUT2D eigenvalue weighted by molar-refractivity contribution is -0.141. The number of thioether (sulfide) groups is 1. The van der Waals surface area contributed by atoms with Gasteiger partial charge in [-0.3, -0.25) is 4.68 Å². The quantitative estimate of drug-likeness (QED) is 0.406. The Kier molecular flexibility index (Phi) is 4.56. The minimum absolute atomic E-state index is 0.228. The molecule has 112 valence electrons. The maximum absolute atomic E-state index is 12.9. The van der Waals surface area contributed by atoms with E-state index < -0.39 is 11.9 Å². The number of benzene rings is 1. The molecule has 0 unspecified atom stereocenters. The second kappa shape index (κ2) is 6.21. The number of hydrogen-bond acceptors (Lipinski definition) is 4. The summed E-state index contributed by atoms with van der Waals surface area (Å²) in [5.74, 6) is 0.490. The number of oxime groups is 1. The molecule has 0 amide bonds. The van der Waals surface area contributed by atoms with Crippen LogP contribution in [0.25, 0.3) is 0 Å². The van der Waals surface area contributed by atoms with Crippen LogP contribution in [0.5, 0.6) is 0 Å². The van der Waals surface area contributed by atoms with Crippen LogP contribution in [-0.4, -0.2) is 21.2 Å². The molecule has 0 aliphatic rings. The van der Waals surface area contributed by atoms with Gasteiger partial charge in [0.2, 0.25) is 0 Å². The highest BCUT2D eigenvalue weighted by atomic mass is 32.2. The number of rotatable bonds is 4. The smallest absolute Gasteiger partial charge is 0.411 e. The number of alkyl halides is 3. The molecule has 8 heteroatoms. The first kappa shape index (κ1) is 15.4.